The first-order valence-electron chi connectivity index (χ1n) is 13.4. The van der Waals surface area contributed by atoms with E-state index >= 15 is 0 Å². The maximum atomic E-state index is 14.1. The van der Waals surface area contributed by atoms with Crippen molar-refractivity contribution in [3.8, 4) is 0 Å². The molecule has 2 saturated carbocycles. The van der Waals surface area contributed by atoms with E-state index in [9.17, 15) is 29.1 Å². The van der Waals surface area contributed by atoms with Gasteiger partial charge in [-0.3, -0.25) is 19.2 Å². The van der Waals surface area contributed by atoms with E-state index in [1.54, 1.807) is 38.1 Å². The van der Waals surface area contributed by atoms with Gasteiger partial charge < -0.3 is 28.8 Å². The van der Waals surface area contributed by atoms with Crippen LogP contribution in [-0.2, 0) is 47.7 Å². The molecule has 3 aliphatic rings. The fraction of sp³-hybridized carbons (Fsp3) is 0.567. The molecule has 222 valence electrons. The van der Waals surface area contributed by atoms with E-state index in [1.165, 1.54) is 13.0 Å². The lowest BCUT2D eigenvalue weighted by molar-refractivity contribution is -0.333. The molecular formula is C30H36O11. The molecule has 2 aliphatic carbocycles. The minimum atomic E-state index is -2.00. The van der Waals surface area contributed by atoms with E-state index in [0.717, 1.165) is 26.8 Å². The number of fused-ring (bicyclic) bond motifs is 1. The summed E-state index contributed by atoms with van der Waals surface area (Å²) in [6, 6.07) is 8.93. The van der Waals surface area contributed by atoms with Gasteiger partial charge in [0.05, 0.1) is 17.1 Å². The van der Waals surface area contributed by atoms with Gasteiger partial charge in [0, 0.05) is 33.3 Å². The average Bonchev–Trinajstić information content (AvgIpc) is 3.14. The second-order valence-electron chi connectivity index (χ2n) is 11.7. The number of aliphatic hydroxyl groups is 1. The maximum absolute atomic E-state index is 14.1. The summed E-state index contributed by atoms with van der Waals surface area (Å²) >= 11 is 0. The highest BCUT2D eigenvalue weighted by Crippen LogP contribution is 2.67. The van der Waals surface area contributed by atoms with Gasteiger partial charge in [-0.05, 0) is 38.8 Å². The fourth-order valence-corrected chi connectivity index (χ4v) is 6.89. The van der Waals surface area contributed by atoms with Gasteiger partial charge in [-0.2, -0.15) is 0 Å². The van der Waals surface area contributed by atoms with Crippen LogP contribution in [0.3, 0.4) is 0 Å². The van der Waals surface area contributed by atoms with Gasteiger partial charge in [-0.25, -0.2) is 4.79 Å². The van der Waals surface area contributed by atoms with Crippen LogP contribution < -0.4 is 0 Å². The first-order chi connectivity index (χ1) is 19.1. The third kappa shape index (κ3) is 5.17. The van der Waals surface area contributed by atoms with Gasteiger partial charge in [0.1, 0.15) is 23.7 Å². The summed E-state index contributed by atoms with van der Waals surface area (Å²) < 4.78 is 29.3. The smallest absolute Gasteiger partial charge is 0.331 e. The molecule has 0 radical (unpaired) electrons. The zero-order valence-corrected chi connectivity index (χ0v) is 24.0. The molecule has 11 heteroatoms. The molecule has 41 heavy (non-hydrogen) atoms. The van der Waals surface area contributed by atoms with Gasteiger partial charge in [0.15, 0.2) is 18.0 Å². The summed E-state index contributed by atoms with van der Waals surface area (Å²) in [7, 11) is 0. The molecular weight excluding hydrogens is 536 g/mol. The van der Waals surface area contributed by atoms with Gasteiger partial charge in [0.2, 0.25) is 0 Å². The number of esters is 4. The Labute approximate surface area is 238 Å². The Morgan fingerprint density at radius 1 is 0.951 bits per heavy atom. The molecule has 3 fully saturated rings. The van der Waals surface area contributed by atoms with Crippen molar-refractivity contribution < 1.29 is 52.8 Å². The number of hydrogen-bond donors (Lipinski definition) is 1. The number of benzene rings is 1. The van der Waals surface area contributed by atoms with Gasteiger partial charge in [-0.15, -0.1) is 0 Å². The third-order valence-corrected chi connectivity index (χ3v) is 8.47. The summed E-state index contributed by atoms with van der Waals surface area (Å²) in [5.41, 5.74) is -6.01. The summed E-state index contributed by atoms with van der Waals surface area (Å²) in [5, 5.41) is 12.1. The first-order valence-corrected chi connectivity index (χ1v) is 13.4. The zero-order valence-electron chi connectivity index (χ0n) is 24.0. The molecule has 1 spiro atoms. The molecule has 1 aromatic carbocycles. The van der Waals surface area contributed by atoms with Gasteiger partial charge in [0.25, 0.3) is 0 Å². The zero-order chi connectivity index (χ0) is 30.4. The van der Waals surface area contributed by atoms with Crippen LogP contribution in [0.5, 0.6) is 0 Å². The Bertz CT molecular complexity index is 1270. The minimum absolute atomic E-state index is 0.0500. The van der Waals surface area contributed by atoms with Crippen molar-refractivity contribution in [1.82, 2.24) is 0 Å². The van der Waals surface area contributed by atoms with Crippen LogP contribution in [0, 0.1) is 11.3 Å². The van der Waals surface area contributed by atoms with E-state index < -0.39 is 82.7 Å². The molecule has 1 aromatic rings. The first kappa shape index (κ1) is 30.4. The standard InChI is InChI=1S/C30H36O11/c1-17(31)37-16-29-25(40-23(34)13-12-20-10-8-7-9-11-20)22(38-18(2)32)15-28(6,36)30(29)14-21(27(4,5)41-30)24(35)26(29)39-19(3)33/h7-13,21-22,25-26,36H,14-16H2,1-6H3/b13-12+/t21-,22-,25-,26+,28-,29-,30-/m0/s1. The third-order valence-electron chi connectivity index (χ3n) is 8.47. The van der Waals surface area contributed by atoms with Crippen LogP contribution in [0.15, 0.2) is 36.4 Å². The van der Waals surface area contributed by atoms with Crippen molar-refractivity contribution in [2.24, 2.45) is 11.3 Å². The van der Waals surface area contributed by atoms with Gasteiger partial charge >= 0.3 is 23.9 Å². The second-order valence-corrected chi connectivity index (χ2v) is 11.7. The van der Waals surface area contributed by atoms with Crippen molar-refractivity contribution in [2.45, 2.75) is 89.5 Å². The van der Waals surface area contributed by atoms with Crippen LogP contribution in [-0.4, -0.2) is 76.5 Å². The van der Waals surface area contributed by atoms with E-state index in [1.807, 2.05) is 6.07 Å². The van der Waals surface area contributed by atoms with Crippen LogP contribution in [0.2, 0.25) is 0 Å². The number of rotatable bonds is 7. The monoisotopic (exact) mass is 572 g/mol. The highest BCUT2D eigenvalue weighted by atomic mass is 16.6. The Morgan fingerprint density at radius 3 is 2.17 bits per heavy atom. The maximum Gasteiger partial charge on any atom is 0.331 e. The van der Waals surface area contributed by atoms with E-state index in [-0.39, 0.29) is 12.8 Å². The van der Waals surface area contributed by atoms with E-state index in [4.69, 9.17) is 23.7 Å². The number of carbonyl (C=O) groups is 5. The van der Waals surface area contributed by atoms with Gasteiger partial charge in [-0.1, -0.05) is 30.3 Å². The SMILES string of the molecule is CC(=O)OC[C@]12[C@H](OC(C)=O)C(=O)[C@@H]3C[C@]1(OC3(C)C)[C@@](C)(O)C[C@H](OC(C)=O)[C@@H]2OC(=O)/C=C/c1ccccc1. The number of Topliss-reactive ketones (excluding diaryl/α,β-unsaturated/α-hetero) is 1. The molecule has 0 aromatic heterocycles. The Morgan fingerprint density at radius 2 is 1.59 bits per heavy atom. The van der Waals surface area contributed by atoms with Crippen LogP contribution in [0.25, 0.3) is 6.08 Å². The molecule has 1 N–H and O–H groups in total. The Hall–Kier alpha value is -3.57. The average molecular weight is 573 g/mol. The minimum Gasteiger partial charge on any atom is -0.465 e. The summed E-state index contributed by atoms with van der Waals surface area (Å²) in [5.74, 6) is -4.56. The lowest BCUT2D eigenvalue weighted by atomic mass is 9.47. The predicted molar refractivity (Wildman–Crippen MR) is 142 cm³/mol. The largest absolute Gasteiger partial charge is 0.465 e. The fourth-order valence-electron chi connectivity index (χ4n) is 6.89. The predicted octanol–water partition coefficient (Wildman–Crippen LogP) is 2.32. The molecule has 7 atom stereocenters. The van der Waals surface area contributed by atoms with E-state index in [0.29, 0.717) is 5.56 Å². The number of carbonyl (C=O) groups excluding carboxylic acids is 5. The van der Waals surface area contributed by atoms with Crippen molar-refractivity contribution in [1.29, 1.82) is 0 Å². The topological polar surface area (TPSA) is 152 Å². The van der Waals surface area contributed by atoms with Crippen molar-refractivity contribution in [2.75, 3.05) is 6.61 Å². The highest BCUT2D eigenvalue weighted by molar-refractivity contribution is 5.92. The summed E-state index contributed by atoms with van der Waals surface area (Å²) in [6.45, 7) is 7.56. The molecule has 0 unspecified atom stereocenters. The molecule has 0 amide bonds. The molecule has 1 saturated heterocycles. The molecule has 4 rings (SSSR count). The number of hydrogen-bond acceptors (Lipinski definition) is 11. The summed E-state index contributed by atoms with van der Waals surface area (Å²) in [4.78, 5) is 64.3. The van der Waals surface area contributed by atoms with Crippen molar-refractivity contribution >= 4 is 35.7 Å². The van der Waals surface area contributed by atoms with E-state index in [2.05, 4.69) is 0 Å². The number of ketones is 1. The second kappa shape index (κ2) is 10.7. The lowest BCUT2D eigenvalue weighted by Crippen LogP contribution is -2.81. The Balaban J connectivity index is 1.95. The Kier molecular flexibility index (Phi) is 7.92. The van der Waals surface area contributed by atoms with Crippen LogP contribution in [0.4, 0.5) is 0 Å². The number of ether oxygens (including phenoxy) is 5. The summed E-state index contributed by atoms with van der Waals surface area (Å²) in [6.07, 6.45) is -2.18. The molecule has 1 aliphatic heterocycles. The highest BCUT2D eigenvalue weighted by Gasteiger charge is 2.84. The molecule has 1 heterocycles. The molecule has 11 nitrogen and oxygen atoms in total. The normalized spacial score (nSPS) is 35.3. The van der Waals surface area contributed by atoms with Crippen molar-refractivity contribution in [3.05, 3.63) is 42.0 Å². The van der Waals surface area contributed by atoms with Crippen molar-refractivity contribution in [3.63, 3.8) is 0 Å². The van der Waals surface area contributed by atoms with Crippen LogP contribution in [0.1, 0.15) is 59.9 Å². The van der Waals surface area contributed by atoms with Crippen LogP contribution >= 0.6 is 0 Å². The quantitative estimate of drug-likeness (QED) is 0.291. The lowest BCUT2D eigenvalue weighted by Gasteiger charge is -2.63. The molecule has 2 bridgehead atoms.